The lowest BCUT2D eigenvalue weighted by Crippen LogP contribution is -2.15. The van der Waals surface area contributed by atoms with Crippen molar-refractivity contribution < 1.29 is 15.3 Å². The van der Waals surface area contributed by atoms with Gasteiger partial charge >= 0.3 is 0 Å². The standard InChI is InChI=1S/C10H13ClO3S/c1-10(2,14)7-4-3-6(5-8(7)11)15-9(12)13/h3-5,9,12-14H,1-2H3. The Morgan fingerprint density at radius 3 is 2.33 bits per heavy atom. The highest BCUT2D eigenvalue weighted by Crippen LogP contribution is 2.31. The Bertz CT molecular complexity index is 347. The number of hydrogen-bond donors (Lipinski definition) is 3. The molecule has 0 aromatic heterocycles. The van der Waals surface area contributed by atoms with Crippen LogP contribution in [0.4, 0.5) is 0 Å². The molecule has 0 radical (unpaired) electrons. The van der Waals surface area contributed by atoms with Gasteiger partial charge in [0.15, 0.2) is 0 Å². The summed E-state index contributed by atoms with van der Waals surface area (Å²) in [5.41, 5.74) is -1.85. The summed E-state index contributed by atoms with van der Waals surface area (Å²) >= 11 is 6.84. The van der Waals surface area contributed by atoms with Crippen molar-refractivity contribution >= 4 is 23.4 Å². The number of thioether (sulfide) groups is 1. The molecule has 0 aliphatic rings. The molecule has 0 aliphatic heterocycles. The number of benzene rings is 1. The van der Waals surface area contributed by atoms with Gasteiger partial charge in [0.1, 0.15) is 0 Å². The summed E-state index contributed by atoms with van der Waals surface area (Å²) in [6, 6.07) is 4.95. The lowest BCUT2D eigenvalue weighted by Gasteiger charge is -2.19. The van der Waals surface area contributed by atoms with Crippen LogP contribution in [0.25, 0.3) is 0 Å². The molecule has 5 heteroatoms. The Morgan fingerprint density at radius 2 is 1.93 bits per heavy atom. The average molecular weight is 249 g/mol. The number of aliphatic hydroxyl groups is 3. The van der Waals surface area contributed by atoms with Crippen LogP contribution in [0.1, 0.15) is 19.4 Å². The Balaban J connectivity index is 2.99. The molecule has 1 rings (SSSR count). The average Bonchev–Trinajstić information content (AvgIpc) is 1.99. The van der Waals surface area contributed by atoms with E-state index < -0.39 is 11.2 Å². The highest BCUT2D eigenvalue weighted by Gasteiger charge is 2.19. The van der Waals surface area contributed by atoms with E-state index in [0.717, 1.165) is 11.8 Å². The van der Waals surface area contributed by atoms with Crippen LogP contribution in [0.15, 0.2) is 23.1 Å². The molecule has 3 N–H and O–H groups in total. The highest BCUT2D eigenvalue weighted by molar-refractivity contribution is 7.99. The third kappa shape index (κ3) is 3.66. The zero-order chi connectivity index (χ0) is 11.6. The van der Waals surface area contributed by atoms with E-state index in [4.69, 9.17) is 21.8 Å². The second-order valence-corrected chi connectivity index (χ2v) is 5.18. The van der Waals surface area contributed by atoms with Gasteiger partial charge < -0.3 is 15.3 Å². The van der Waals surface area contributed by atoms with E-state index in [9.17, 15) is 5.11 Å². The van der Waals surface area contributed by atoms with Gasteiger partial charge in [-0.15, -0.1) is 0 Å². The van der Waals surface area contributed by atoms with E-state index in [1.807, 2.05) is 0 Å². The van der Waals surface area contributed by atoms with Crippen LogP contribution in [-0.4, -0.2) is 20.9 Å². The first kappa shape index (κ1) is 12.8. The molecule has 1 aromatic carbocycles. The van der Waals surface area contributed by atoms with Gasteiger partial charge in [0.05, 0.1) is 5.60 Å². The summed E-state index contributed by atoms with van der Waals surface area (Å²) < 4.78 is 0. The van der Waals surface area contributed by atoms with E-state index in [1.165, 1.54) is 0 Å². The van der Waals surface area contributed by atoms with Gasteiger partial charge in [-0.1, -0.05) is 29.4 Å². The number of rotatable bonds is 3. The quantitative estimate of drug-likeness (QED) is 0.565. The monoisotopic (exact) mass is 248 g/mol. The third-order valence-corrected chi connectivity index (χ3v) is 2.89. The fraction of sp³-hybridized carbons (Fsp3) is 0.400. The summed E-state index contributed by atoms with van der Waals surface area (Å²) in [4.78, 5) is 0.642. The molecule has 0 saturated heterocycles. The smallest absolute Gasteiger partial charge is 0.206 e. The van der Waals surface area contributed by atoms with Crippen molar-refractivity contribution in [3.8, 4) is 0 Å². The predicted molar refractivity (Wildman–Crippen MR) is 60.8 cm³/mol. The van der Waals surface area contributed by atoms with Crippen molar-refractivity contribution in [1.29, 1.82) is 0 Å². The Kier molecular flexibility index (Phi) is 4.03. The van der Waals surface area contributed by atoms with Crippen molar-refractivity contribution in [3.63, 3.8) is 0 Å². The van der Waals surface area contributed by atoms with Gasteiger partial charge in [-0.2, -0.15) is 0 Å². The maximum atomic E-state index is 9.75. The summed E-state index contributed by atoms with van der Waals surface area (Å²) in [5.74, 6) is 0. The zero-order valence-electron chi connectivity index (χ0n) is 8.44. The maximum Gasteiger partial charge on any atom is 0.206 e. The Labute approximate surface area is 97.7 Å². The lowest BCUT2D eigenvalue weighted by molar-refractivity contribution is 0.0405. The minimum atomic E-state index is -1.46. The molecular formula is C10H13ClO3S. The molecule has 0 amide bonds. The van der Waals surface area contributed by atoms with Gasteiger partial charge in [-0.05, 0) is 26.0 Å². The zero-order valence-corrected chi connectivity index (χ0v) is 10.0. The van der Waals surface area contributed by atoms with Crippen LogP contribution in [0, 0.1) is 0 Å². The third-order valence-electron chi connectivity index (χ3n) is 1.84. The van der Waals surface area contributed by atoms with Crippen LogP contribution in [0.2, 0.25) is 5.02 Å². The second kappa shape index (κ2) is 4.72. The highest BCUT2D eigenvalue weighted by atomic mass is 35.5. The lowest BCUT2D eigenvalue weighted by atomic mass is 9.99. The molecule has 0 heterocycles. The minimum absolute atomic E-state index is 0.410. The van der Waals surface area contributed by atoms with Crippen LogP contribution in [-0.2, 0) is 5.60 Å². The van der Waals surface area contributed by atoms with E-state index in [2.05, 4.69) is 0 Å². The van der Waals surface area contributed by atoms with Crippen LogP contribution >= 0.6 is 23.4 Å². The molecule has 0 spiro atoms. The fourth-order valence-electron chi connectivity index (χ4n) is 1.19. The molecule has 0 aliphatic carbocycles. The Hall–Kier alpha value is -0.260. The van der Waals surface area contributed by atoms with Crippen molar-refractivity contribution in [2.45, 2.75) is 30.0 Å². The molecule has 0 fully saturated rings. The van der Waals surface area contributed by atoms with E-state index >= 15 is 0 Å². The molecule has 0 saturated carbocycles. The first-order valence-electron chi connectivity index (χ1n) is 4.36. The molecule has 15 heavy (non-hydrogen) atoms. The normalized spacial score (nSPS) is 12.2. The number of hydrogen-bond acceptors (Lipinski definition) is 4. The van der Waals surface area contributed by atoms with E-state index in [-0.39, 0.29) is 0 Å². The summed E-state index contributed by atoms with van der Waals surface area (Å²) in [6.07, 6.45) is 0. The Morgan fingerprint density at radius 1 is 1.33 bits per heavy atom. The van der Waals surface area contributed by atoms with Gasteiger partial charge in [-0.3, -0.25) is 0 Å². The van der Waals surface area contributed by atoms with Crippen LogP contribution in [0.3, 0.4) is 0 Å². The largest absolute Gasteiger partial charge is 0.386 e. The molecular weight excluding hydrogens is 236 g/mol. The van der Waals surface area contributed by atoms with E-state index in [0.29, 0.717) is 15.5 Å². The second-order valence-electron chi connectivity index (χ2n) is 3.64. The van der Waals surface area contributed by atoms with Gasteiger partial charge in [0.2, 0.25) is 5.62 Å². The maximum absolute atomic E-state index is 9.75. The molecule has 0 unspecified atom stereocenters. The summed E-state index contributed by atoms with van der Waals surface area (Å²) in [5, 5.41) is 27.7. The molecule has 84 valence electrons. The first-order chi connectivity index (χ1) is 6.80. The van der Waals surface area contributed by atoms with Crippen molar-refractivity contribution in [2.75, 3.05) is 0 Å². The number of aliphatic hydroxyl groups excluding tert-OH is 1. The predicted octanol–water partition coefficient (Wildman–Crippen LogP) is 1.93. The fourth-order valence-corrected chi connectivity index (χ4v) is 2.24. The van der Waals surface area contributed by atoms with Gasteiger partial charge in [0, 0.05) is 15.5 Å². The van der Waals surface area contributed by atoms with Crippen molar-refractivity contribution in [2.24, 2.45) is 0 Å². The molecule has 3 nitrogen and oxygen atoms in total. The minimum Gasteiger partial charge on any atom is -0.386 e. The van der Waals surface area contributed by atoms with Gasteiger partial charge in [0.25, 0.3) is 0 Å². The number of halogens is 1. The van der Waals surface area contributed by atoms with E-state index in [1.54, 1.807) is 32.0 Å². The summed E-state index contributed by atoms with van der Waals surface area (Å²) in [7, 11) is 0. The van der Waals surface area contributed by atoms with Crippen LogP contribution in [0.5, 0.6) is 0 Å². The van der Waals surface area contributed by atoms with Crippen molar-refractivity contribution in [1.82, 2.24) is 0 Å². The van der Waals surface area contributed by atoms with Gasteiger partial charge in [-0.25, -0.2) is 0 Å². The molecule has 0 bridgehead atoms. The molecule has 1 aromatic rings. The molecule has 0 atom stereocenters. The SMILES string of the molecule is CC(C)(O)c1ccc(SC(O)O)cc1Cl. The topological polar surface area (TPSA) is 60.7 Å². The first-order valence-corrected chi connectivity index (χ1v) is 5.61. The van der Waals surface area contributed by atoms with Crippen molar-refractivity contribution in [3.05, 3.63) is 28.8 Å². The van der Waals surface area contributed by atoms with Crippen LogP contribution < -0.4 is 0 Å². The summed E-state index contributed by atoms with van der Waals surface area (Å²) in [6.45, 7) is 3.28.